The van der Waals surface area contributed by atoms with Crippen LogP contribution in [0.3, 0.4) is 0 Å². The van der Waals surface area contributed by atoms with Crippen LogP contribution < -0.4 is 10.5 Å². The lowest BCUT2D eigenvalue weighted by molar-refractivity contribution is 0.0395. The molecule has 0 amide bonds. The van der Waals surface area contributed by atoms with Crippen molar-refractivity contribution in [2.24, 2.45) is 0 Å². The van der Waals surface area contributed by atoms with Gasteiger partial charge in [0, 0.05) is 48.4 Å². The minimum atomic E-state index is -0.497. The molecule has 0 N–H and O–H groups in total. The van der Waals surface area contributed by atoms with Gasteiger partial charge in [0.2, 0.25) is 0 Å². The zero-order valence-electron chi connectivity index (χ0n) is 19.5. The largest absolute Gasteiger partial charge is 0.370 e. The van der Waals surface area contributed by atoms with Crippen molar-refractivity contribution in [2.75, 3.05) is 24.6 Å². The Morgan fingerprint density at radius 2 is 2.03 bits per heavy atom. The highest BCUT2D eigenvalue weighted by Crippen LogP contribution is 2.36. The summed E-state index contributed by atoms with van der Waals surface area (Å²) in [5.41, 5.74) is 1.97. The average molecular weight is 507 g/mol. The molecule has 8 nitrogen and oxygen atoms in total. The molecule has 7 rings (SSSR count). The fraction of sp³-hybridized carbons (Fsp3) is 0.385. The molecule has 2 aliphatic heterocycles. The number of fused-ring (bicyclic) bond motifs is 2. The van der Waals surface area contributed by atoms with Gasteiger partial charge in [-0.3, -0.25) is 14.0 Å². The number of aromatic nitrogens is 5. The van der Waals surface area contributed by atoms with Crippen LogP contribution in [0.25, 0.3) is 22.2 Å². The van der Waals surface area contributed by atoms with Crippen LogP contribution in [0, 0.1) is 5.82 Å². The summed E-state index contributed by atoms with van der Waals surface area (Å²) in [6.45, 7) is 2.31. The van der Waals surface area contributed by atoms with Crippen molar-refractivity contribution in [3.63, 3.8) is 0 Å². The first-order valence-electron chi connectivity index (χ1n) is 12.4. The lowest BCUT2D eigenvalue weighted by Gasteiger charge is -2.33. The van der Waals surface area contributed by atoms with Crippen LogP contribution in [-0.2, 0) is 17.7 Å². The quantitative estimate of drug-likeness (QED) is 0.410. The summed E-state index contributed by atoms with van der Waals surface area (Å²) >= 11 is 6.02. The fourth-order valence-electron chi connectivity index (χ4n) is 5.22. The summed E-state index contributed by atoms with van der Waals surface area (Å²) in [5, 5.41) is 5.25. The number of pyridine rings is 1. The molecule has 3 aliphatic rings. The molecule has 10 heteroatoms. The summed E-state index contributed by atoms with van der Waals surface area (Å²) in [5.74, 6) is 0.826. The lowest BCUT2D eigenvalue weighted by atomic mass is 10.1. The van der Waals surface area contributed by atoms with E-state index in [-0.39, 0.29) is 17.2 Å². The molecule has 184 valence electrons. The highest BCUT2D eigenvalue weighted by molar-refractivity contribution is 6.30. The third-order valence-corrected chi connectivity index (χ3v) is 7.52. The molecule has 1 saturated heterocycles. The van der Waals surface area contributed by atoms with E-state index in [1.165, 1.54) is 6.07 Å². The van der Waals surface area contributed by atoms with Gasteiger partial charge in [0.25, 0.3) is 5.56 Å². The van der Waals surface area contributed by atoms with Crippen molar-refractivity contribution in [3.05, 3.63) is 69.2 Å². The SMILES string of the molecule is O=c1c2cc(N3CCO[C@@H](c4cnn(C5CC5)c4)C3)nc(-c3ccc(Cl)cc3F)c2nc2n1CCC2. The summed E-state index contributed by atoms with van der Waals surface area (Å²) in [7, 11) is 0. The third kappa shape index (κ3) is 3.69. The molecule has 1 atom stereocenters. The van der Waals surface area contributed by atoms with Gasteiger partial charge in [0.1, 0.15) is 34.8 Å². The normalized spacial score (nSPS) is 19.7. The van der Waals surface area contributed by atoms with Gasteiger partial charge in [-0.2, -0.15) is 5.10 Å². The number of halogens is 2. The number of rotatable bonds is 4. The van der Waals surface area contributed by atoms with Crippen molar-refractivity contribution < 1.29 is 9.13 Å². The summed E-state index contributed by atoms with van der Waals surface area (Å²) in [4.78, 5) is 25.2. The Morgan fingerprint density at radius 1 is 1.14 bits per heavy atom. The first-order chi connectivity index (χ1) is 17.5. The van der Waals surface area contributed by atoms with Gasteiger partial charge in [-0.15, -0.1) is 0 Å². The molecule has 4 aromatic rings. The van der Waals surface area contributed by atoms with Crippen molar-refractivity contribution in [1.29, 1.82) is 0 Å². The standard InChI is InChI=1S/C26H24ClFN6O2/c27-16-3-6-18(20(28)10-16)24-25-19(26(35)33-7-1-2-22(33)30-25)11-23(31-24)32-8-9-36-21(14-32)15-12-29-34(13-15)17-4-5-17/h3,6,10-13,17,21H,1-2,4-5,7-9,14H2/t21-/m1/s1. The van der Waals surface area contributed by atoms with Gasteiger partial charge in [-0.05, 0) is 43.5 Å². The maximum atomic E-state index is 15.1. The lowest BCUT2D eigenvalue weighted by Crippen LogP contribution is -2.39. The number of benzene rings is 1. The Labute approximate surface area is 211 Å². The van der Waals surface area contributed by atoms with Crippen LogP contribution in [-0.4, -0.2) is 44.0 Å². The number of anilines is 1. The van der Waals surface area contributed by atoms with Crippen LogP contribution in [0.15, 0.2) is 41.5 Å². The predicted octanol–water partition coefficient (Wildman–Crippen LogP) is 4.31. The predicted molar refractivity (Wildman–Crippen MR) is 134 cm³/mol. The maximum absolute atomic E-state index is 15.1. The van der Waals surface area contributed by atoms with E-state index in [9.17, 15) is 4.79 Å². The monoisotopic (exact) mass is 506 g/mol. The minimum absolute atomic E-state index is 0.109. The molecule has 2 fully saturated rings. The van der Waals surface area contributed by atoms with Crippen molar-refractivity contribution in [1.82, 2.24) is 24.3 Å². The molecular formula is C26H24ClFN6O2. The fourth-order valence-corrected chi connectivity index (χ4v) is 5.38. The number of hydrogen-bond acceptors (Lipinski definition) is 6. The van der Waals surface area contributed by atoms with Crippen molar-refractivity contribution in [3.8, 4) is 11.3 Å². The Balaban J connectivity index is 1.34. The van der Waals surface area contributed by atoms with Crippen LogP contribution >= 0.6 is 11.6 Å². The van der Waals surface area contributed by atoms with Crippen LogP contribution in [0.5, 0.6) is 0 Å². The molecule has 3 aromatic heterocycles. The van der Waals surface area contributed by atoms with Crippen molar-refractivity contribution >= 4 is 28.3 Å². The second kappa shape index (κ2) is 8.38. The molecule has 1 saturated carbocycles. The molecule has 36 heavy (non-hydrogen) atoms. The summed E-state index contributed by atoms with van der Waals surface area (Å²) in [6, 6.07) is 6.79. The summed E-state index contributed by atoms with van der Waals surface area (Å²) in [6.07, 6.45) is 7.67. The van der Waals surface area contributed by atoms with E-state index in [2.05, 4.69) is 16.2 Å². The van der Waals surface area contributed by atoms with Crippen molar-refractivity contribution in [2.45, 2.75) is 44.4 Å². The van der Waals surface area contributed by atoms with Crippen LogP contribution in [0.2, 0.25) is 5.02 Å². The highest BCUT2D eigenvalue weighted by atomic mass is 35.5. The van der Waals surface area contributed by atoms with Crippen LogP contribution in [0.4, 0.5) is 10.2 Å². The van der Waals surface area contributed by atoms with Gasteiger partial charge < -0.3 is 9.64 Å². The number of aryl methyl sites for hydroxylation is 1. The molecule has 0 spiro atoms. The number of ether oxygens (including phenoxy) is 1. The van der Waals surface area contributed by atoms with Gasteiger partial charge in [-0.25, -0.2) is 14.4 Å². The highest BCUT2D eigenvalue weighted by Gasteiger charge is 2.29. The zero-order chi connectivity index (χ0) is 24.4. The zero-order valence-corrected chi connectivity index (χ0v) is 20.3. The number of hydrogen-bond donors (Lipinski definition) is 0. The Bertz CT molecular complexity index is 1560. The van der Waals surface area contributed by atoms with E-state index in [1.54, 1.807) is 22.8 Å². The third-order valence-electron chi connectivity index (χ3n) is 7.28. The van der Waals surface area contributed by atoms with E-state index in [0.29, 0.717) is 59.7 Å². The van der Waals surface area contributed by atoms with Gasteiger partial charge in [-0.1, -0.05) is 11.6 Å². The van der Waals surface area contributed by atoms with E-state index in [1.807, 2.05) is 10.9 Å². The van der Waals surface area contributed by atoms with E-state index < -0.39 is 5.82 Å². The van der Waals surface area contributed by atoms with Gasteiger partial charge >= 0.3 is 0 Å². The molecule has 1 aromatic carbocycles. The van der Waals surface area contributed by atoms with Gasteiger partial charge in [0.05, 0.1) is 24.2 Å². The van der Waals surface area contributed by atoms with Crippen LogP contribution in [0.1, 0.15) is 42.8 Å². The molecule has 0 unspecified atom stereocenters. The molecule has 0 radical (unpaired) electrons. The summed E-state index contributed by atoms with van der Waals surface area (Å²) < 4.78 is 24.9. The van der Waals surface area contributed by atoms with E-state index in [4.69, 9.17) is 26.3 Å². The molecule has 0 bridgehead atoms. The Kier molecular flexibility index (Phi) is 5.11. The molecular weight excluding hydrogens is 483 g/mol. The second-order valence-electron chi connectivity index (χ2n) is 9.73. The molecule has 1 aliphatic carbocycles. The number of morpholine rings is 1. The minimum Gasteiger partial charge on any atom is -0.370 e. The Morgan fingerprint density at radius 3 is 2.86 bits per heavy atom. The van der Waals surface area contributed by atoms with E-state index >= 15 is 4.39 Å². The first kappa shape index (κ1) is 21.9. The first-order valence-corrected chi connectivity index (χ1v) is 12.7. The average Bonchev–Trinajstić information content (AvgIpc) is 3.41. The second-order valence-corrected chi connectivity index (χ2v) is 10.2. The maximum Gasteiger partial charge on any atom is 0.261 e. The number of nitrogens with zero attached hydrogens (tertiary/aromatic N) is 6. The molecule has 5 heterocycles. The van der Waals surface area contributed by atoms with E-state index in [0.717, 1.165) is 37.1 Å². The van der Waals surface area contributed by atoms with Gasteiger partial charge in [0.15, 0.2) is 0 Å². The smallest absolute Gasteiger partial charge is 0.261 e. The Hall–Kier alpha value is -3.30. The topological polar surface area (TPSA) is 78.1 Å².